The lowest BCUT2D eigenvalue weighted by Crippen LogP contribution is -2.58. The third-order valence-electron chi connectivity index (χ3n) is 0.418. The summed E-state index contributed by atoms with van der Waals surface area (Å²) >= 11 is 5.21. The minimum absolute atomic E-state index is 0.724. The maximum atomic E-state index is 5.21. The van der Waals surface area contributed by atoms with Crippen molar-refractivity contribution in [2.45, 2.75) is 0 Å². The van der Waals surface area contributed by atoms with Gasteiger partial charge in [-0.3, -0.25) is 0 Å². The van der Waals surface area contributed by atoms with E-state index >= 15 is 0 Å². The standard InChI is InChI=1S/CH4ClN3/c2-5-1-3-4-5/h3-4H,1H2. The van der Waals surface area contributed by atoms with E-state index in [1.54, 1.807) is 0 Å². The number of nitrogens with zero attached hydrogens (tertiary/aromatic N) is 1. The van der Waals surface area contributed by atoms with E-state index in [1.165, 1.54) is 4.53 Å². The molecule has 0 aliphatic carbocycles. The largest absolute Gasteiger partial charge is 0.226 e. The quantitative estimate of drug-likeness (QED) is 0.393. The number of rotatable bonds is 0. The average Bonchev–Trinajstić information content (AvgIpc) is 1.30. The van der Waals surface area contributed by atoms with Gasteiger partial charge in [-0.05, 0) is 11.8 Å². The number of hydrazine groups is 2. The van der Waals surface area contributed by atoms with Gasteiger partial charge in [0, 0.05) is 0 Å². The molecule has 0 amide bonds. The summed E-state index contributed by atoms with van der Waals surface area (Å²) in [5.41, 5.74) is 5.26. The van der Waals surface area contributed by atoms with Gasteiger partial charge in [-0.25, -0.2) is 5.43 Å². The molecule has 5 heavy (non-hydrogen) atoms. The van der Waals surface area contributed by atoms with Crippen LogP contribution in [0.4, 0.5) is 0 Å². The Morgan fingerprint density at radius 2 is 2.20 bits per heavy atom. The second-order valence-electron chi connectivity index (χ2n) is 0.809. The lowest BCUT2D eigenvalue weighted by atomic mass is 11.1. The summed E-state index contributed by atoms with van der Waals surface area (Å²) in [5, 5.41) is 0. The van der Waals surface area contributed by atoms with Gasteiger partial charge in [0.2, 0.25) is 0 Å². The van der Waals surface area contributed by atoms with Crippen molar-refractivity contribution >= 4 is 11.8 Å². The van der Waals surface area contributed by atoms with Crippen LogP contribution in [0.3, 0.4) is 0 Å². The van der Waals surface area contributed by atoms with E-state index in [9.17, 15) is 0 Å². The molecule has 0 aromatic rings. The maximum absolute atomic E-state index is 5.21. The van der Waals surface area contributed by atoms with Crippen molar-refractivity contribution in [1.82, 2.24) is 15.5 Å². The van der Waals surface area contributed by atoms with Crippen LogP contribution in [0.1, 0.15) is 0 Å². The molecule has 2 N–H and O–H groups in total. The first kappa shape index (κ1) is 3.36. The van der Waals surface area contributed by atoms with Crippen LogP contribution in [0.2, 0.25) is 0 Å². The van der Waals surface area contributed by atoms with E-state index in [0.29, 0.717) is 0 Å². The zero-order chi connectivity index (χ0) is 3.70. The fraction of sp³-hybridized carbons (Fsp3) is 1.00. The second-order valence-corrected chi connectivity index (χ2v) is 1.22. The van der Waals surface area contributed by atoms with Crippen molar-refractivity contribution in [2.24, 2.45) is 0 Å². The molecule has 0 radical (unpaired) electrons. The summed E-state index contributed by atoms with van der Waals surface area (Å²) in [5.74, 6) is 0. The van der Waals surface area contributed by atoms with Crippen molar-refractivity contribution in [3.8, 4) is 0 Å². The number of hydrogen-bond donors (Lipinski definition) is 2. The summed E-state index contributed by atoms with van der Waals surface area (Å²) < 4.78 is 1.42. The van der Waals surface area contributed by atoms with Crippen LogP contribution in [-0.2, 0) is 0 Å². The van der Waals surface area contributed by atoms with E-state index in [-0.39, 0.29) is 0 Å². The molecule has 1 aliphatic rings. The first-order valence-corrected chi connectivity index (χ1v) is 1.65. The Morgan fingerprint density at radius 1 is 1.80 bits per heavy atom. The Morgan fingerprint density at radius 3 is 2.20 bits per heavy atom. The fourth-order valence-electron chi connectivity index (χ4n) is 0.139. The van der Waals surface area contributed by atoms with Crippen LogP contribution in [0.25, 0.3) is 0 Å². The highest BCUT2D eigenvalue weighted by atomic mass is 35.5. The average molecular weight is 93.5 g/mol. The number of hydrogen-bond acceptors (Lipinski definition) is 3. The Labute approximate surface area is 34.9 Å². The van der Waals surface area contributed by atoms with Crippen molar-refractivity contribution in [3.63, 3.8) is 0 Å². The number of nitrogens with one attached hydrogen (secondary N) is 2. The van der Waals surface area contributed by atoms with E-state index in [4.69, 9.17) is 11.8 Å². The topological polar surface area (TPSA) is 27.3 Å². The van der Waals surface area contributed by atoms with E-state index in [1.807, 2.05) is 0 Å². The molecule has 3 nitrogen and oxygen atoms in total. The van der Waals surface area contributed by atoms with Gasteiger partial charge in [0.15, 0.2) is 0 Å². The molecular weight excluding hydrogens is 89.5 g/mol. The molecule has 30 valence electrons. The van der Waals surface area contributed by atoms with Crippen molar-refractivity contribution < 1.29 is 0 Å². The lowest BCUT2D eigenvalue weighted by molar-refractivity contribution is 0.137. The molecule has 4 heteroatoms. The maximum Gasteiger partial charge on any atom is 0.0943 e. The van der Waals surface area contributed by atoms with E-state index < -0.39 is 0 Å². The fourth-order valence-corrected chi connectivity index (χ4v) is 0.258. The Bertz CT molecular complexity index is 33.9. The molecule has 0 unspecified atom stereocenters. The lowest BCUT2D eigenvalue weighted by Gasteiger charge is -2.24. The van der Waals surface area contributed by atoms with Gasteiger partial charge in [-0.15, -0.1) is 4.53 Å². The normalized spacial score (nSPS) is 25.8. The Hall–Kier alpha value is 0.170. The molecule has 0 aromatic heterocycles. The van der Waals surface area contributed by atoms with Crippen LogP contribution >= 0.6 is 11.8 Å². The molecule has 0 bridgehead atoms. The van der Waals surface area contributed by atoms with Crippen LogP contribution in [0.15, 0.2) is 0 Å². The summed E-state index contributed by atoms with van der Waals surface area (Å²) in [4.78, 5) is 0. The first-order valence-electron chi connectivity index (χ1n) is 1.31. The number of halogens is 1. The highest BCUT2D eigenvalue weighted by Gasteiger charge is 2.04. The third-order valence-corrected chi connectivity index (χ3v) is 0.622. The van der Waals surface area contributed by atoms with Crippen molar-refractivity contribution in [2.75, 3.05) is 6.67 Å². The predicted octanol–water partition coefficient (Wildman–Crippen LogP) is -0.578. The third kappa shape index (κ3) is 0.516. The van der Waals surface area contributed by atoms with Crippen LogP contribution in [0, 0.1) is 0 Å². The highest BCUT2D eigenvalue weighted by molar-refractivity contribution is 6.13. The van der Waals surface area contributed by atoms with Crippen LogP contribution in [-0.4, -0.2) is 11.2 Å². The summed E-state index contributed by atoms with van der Waals surface area (Å²) in [6.45, 7) is 0.724. The van der Waals surface area contributed by atoms with Gasteiger partial charge >= 0.3 is 0 Å². The van der Waals surface area contributed by atoms with Gasteiger partial charge in [-0.1, -0.05) is 0 Å². The SMILES string of the molecule is ClN1CNN1. The van der Waals surface area contributed by atoms with Crippen molar-refractivity contribution in [1.29, 1.82) is 0 Å². The zero-order valence-electron chi connectivity index (χ0n) is 2.53. The van der Waals surface area contributed by atoms with Crippen molar-refractivity contribution in [3.05, 3.63) is 0 Å². The zero-order valence-corrected chi connectivity index (χ0v) is 3.29. The molecule has 0 spiro atoms. The second kappa shape index (κ2) is 1.10. The van der Waals surface area contributed by atoms with Gasteiger partial charge in [0.05, 0.1) is 6.67 Å². The molecule has 1 rings (SSSR count). The smallest absolute Gasteiger partial charge is 0.0943 e. The molecule has 0 saturated carbocycles. The van der Waals surface area contributed by atoms with Crippen LogP contribution < -0.4 is 11.0 Å². The predicted molar refractivity (Wildman–Crippen MR) is 18.8 cm³/mol. The summed E-state index contributed by atoms with van der Waals surface area (Å²) in [6.07, 6.45) is 0. The molecular formula is CH4ClN3. The van der Waals surface area contributed by atoms with Gasteiger partial charge in [0.1, 0.15) is 0 Å². The molecule has 1 fully saturated rings. The molecule has 1 aliphatic heterocycles. The Balaban J connectivity index is 2.08. The summed E-state index contributed by atoms with van der Waals surface area (Å²) in [6, 6.07) is 0. The highest BCUT2D eigenvalue weighted by Crippen LogP contribution is 1.86. The van der Waals surface area contributed by atoms with Gasteiger partial charge in [-0.2, -0.15) is 5.53 Å². The van der Waals surface area contributed by atoms with Gasteiger partial charge < -0.3 is 0 Å². The summed E-state index contributed by atoms with van der Waals surface area (Å²) in [7, 11) is 0. The molecule has 0 atom stereocenters. The first-order chi connectivity index (χ1) is 2.39. The van der Waals surface area contributed by atoms with Gasteiger partial charge in [0.25, 0.3) is 0 Å². The van der Waals surface area contributed by atoms with E-state index in [2.05, 4.69) is 11.0 Å². The van der Waals surface area contributed by atoms with Crippen LogP contribution in [0.5, 0.6) is 0 Å². The molecule has 0 aromatic carbocycles. The molecule has 1 saturated heterocycles. The minimum Gasteiger partial charge on any atom is -0.226 e. The minimum atomic E-state index is 0.724. The monoisotopic (exact) mass is 93.0 g/mol. The van der Waals surface area contributed by atoms with E-state index in [0.717, 1.165) is 6.67 Å². The Kier molecular flexibility index (Phi) is 0.740. The molecule has 1 heterocycles.